The summed E-state index contributed by atoms with van der Waals surface area (Å²) in [5.41, 5.74) is 5.46. The Morgan fingerprint density at radius 3 is 0.891 bits per heavy atom. The van der Waals surface area contributed by atoms with E-state index in [1.807, 2.05) is 72.8 Å². The summed E-state index contributed by atoms with van der Waals surface area (Å²) in [5, 5.41) is 0. The Bertz CT molecular complexity index is 2030. The molecule has 0 aliphatic heterocycles. The number of hydrogen-bond donors (Lipinski definition) is 0. The van der Waals surface area contributed by atoms with Gasteiger partial charge in [-0.3, -0.25) is 0 Å². The standard InChI is InChI=1S/C60H77IO3/c1-4-7-10-13-16-19-22-25-46-62-57-40-31-51(32-41-57)28-37-54-49-56(39-30-53-35-44-59(45-36-53)64-48-27-24-21-18-15-12-9-6-3)60(61)50-55(54)38-29-52-33-42-58(43-34-52)63-47-26-23-20-17-14-11-8-5-2/h31-36,40-45,49-50H,4-27,46-48H2,1-3H3. The number of benzene rings is 4. The van der Waals surface area contributed by atoms with Crippen molar-refractivity contribution in [3.8, 4) is 52.8 Å². The summed E-state index contributed by atoms with van der Waals surface area (Å²) in [6, 6.07) is 28.6. The molecule has 0 unspecified atom stereocenters. The topological polar surface area (TPSA) is 27.7 Å². The van der Waals surface area contributed by atoms with E-state index < -0.39 is 0 Å². The van der Waals surface area contributed by atoms with E-state index in [9.17, 15) is 0 Å². The fraction of sp³-hybridized carbons (Fsp3) is 0.500. The fourth-order valence-electron chi connectivity index (χ4n) is 7.48. The van der Waals surface area contributed by atoms with Gasteiger partial charge in [-0.05, 0) is 127 Å². The van der Waals surface area contributed by atoms with Gasteiger partial charge in [0.1, 0.15) is 17.2 Å². The summed E-state index contributed by atoms with van der Waals surface area (Å²) in [6.07, 6.45) is 31.0. The molecule has 0 aromatic heterocycles. The molecule has 0 aliphatic rings. The second-order valence-corrected chi connectivity index (χ2v) is 18.3. The molecule has 0 saturated carbocycles. The van der Waals surface area contributed by atoms with Crippen LogP contribution in [0.5, 0.6) is 17.2 Å². The number of ether oxygens (including phenoxy) is 3. The van der Waals surface area contributed by atoms with E-state index in [0.717, 1.165) is 93.3 Å². The molecule has 0 N–H and O–H groups in total. The van der Waals surface area contributed by atoms with Gasteiger partial charge >= 0.3 is 0 Å². The second kappa shape index (κ2) is 34.1. The van der Waals surface area contributed by atoms with Crippen LogP contribution in [0.2, 0.25) is 0 Å². The number of halogens is 1. The lowest BCUT2D eigenvalue weighted by Crippen LogP contribution is -1.97. The second-order valence-electron chi connectivity index (χ2n) is 17.2. The van der Waals surface area contributed by atoms with Crippen LogP contribution in [0, 0.1) is 39.1 Å². The van der Waals surface area contributed by atoms with Crippen LogP contribution in [-0.4, -0.2) is 19.8 Å². The molecule has 4 aromatic carbocycles. The molecule has 0 spiro atoms. The molecule has 0 fully saturated rings. The normalized spacial score (nSPS) is 10.6. The van der Waals surface area contributed by atoms with Gasteiger partial charge in [-0.2, -0.15) is 0 Å². The minimum absolute atomic E-state index is 0.751. The van der Waals surface area contributed by atoms with Gasteiger partial charge in [0, 0.05) is 37.0 Å². The Hall–Kier alpha value is -4.31. The molecule has 0 aliphatic carbocycles. The van der Waals surface area contributed by atoms with Gasteiger partial charge in [0.15, 0.2) is 0 Å². The summed E-state index contributed by atoms with van der Waals surface area (Å²) < 4.78 is 19.2. The van der Waals surface area contributed by atoms with E-state index >= 15 is 0 Å². The zero-order valence-electron chi connectivity index (χ0n) is 39.8. The first kappa shape index (κ1) is 52.3. The highest BCUT2D eigenvalue weighted by atomic mass is 127. The molecule has 3 nitrogen and oxygen atoms in total. The molecule has 0 amide bonds. The van der Waals surface area contributed by atoms with Crippen molar-refractivity contribution in [3.63, 3.8) is 0 Å². The van der Waals surface area contributed by atoms with Crippen LogP contribution in [0.25, 0.3) is 0 Å². The lowest BCUT2D eigenvalue weighted by atomic mass is 10.0. The van der Waals surface area contributed by atoms with E-state index in [1.54, 1.807) is 0 Å². The number of unbranched alkanes of at least 4 members (excludes halogenated alkanes) is 21. The first-order valence-corrected chi connectivity index (χ1v) is 26.2. The van der Waals surface area contributed by atoms with Crippen LogP contribution < -0.4 is 14.2 Å². The molecule has 4 aromatic rings. The van der Waals surface area contributed by atoms with Crippen LogP contribution in [0.1, 0.15) is 208 Å². The first-order valence-electron chi connectivity index (χ1n) is 25.2. The minimum atomic E-state index is 0.751. The van der Waals surface area contributed by atoms with Crippen LogP contribution in [-0.2, 0) is 0 Å². The highest BCUT2D eigenvalue weighted by Gasteiger charge is 2.06. The molecule has 0 radical (unpaired) electrons. The molecule has 4 rings (SSSR count). The largest absolute Gasteiger partial charge is 0.494 e. The summed E-state index contributed by atoms with van der Waals surface area (Å²) in [6.45, 7) is 9.07. The third kappa shape index (κ3) is 23.0. The van der Waals surface area contributed by atoms with Crippen molar-refractivity contribution < 1.29 is 14.2 Å². The van der Waals surface area contributed by atoms with E-state index in [2.05, 4.69) is 91.0 Å². The van der Waals surface area contributed by atoms with Crippen molar-refractivity contribution in [2.75, 3.05) is 19.8 Å². The third-order valence-corrected chi connectivity index (χ3v) is 12.4. The van der Waals surface area contributed by atoms with Gasteiger partial charge in [-0.1, -0.05) is 191 Å². The molecule has 0 atom stereocenters. The zero-order chi connectivity index (χ0) is 45.1. The SMILES string of the molecule is CCCCCCCCCCOc1ccc(C#Cc2cc(C#Cc3ccc(OCCCCCCCCCC)cc3)c(C#Cc3ccc(OCCCCCCCCCC)cc3)cc2I)cc1. The fourth-order valence-corrected chi connectivity index (χ4v) is 8.08. The van der Waals surface area contributed by atoms with E-state index in [1.165, 1.54) is 135 Å². The third-order valence-electron chi connectivity index (χ3n) is 11.5. The summed E-state index contributed by atoms with van der Waals surface area (Å²) >= 11 is 2.37. The highest BCUT2D eigenvalue weighted by Crippen LogP contribution is 2.21. The predicted octanol–water partition coefficient (Wildman–Crippen LogP) is 17.0. The van der Waals surface area contributed by atoms with E-state index in [-0.39, 0.29) is 0 Å². The highest BCUT2D eigenvalue weighted by molar-refractivity contribution is 14.1. The van der Waals surface area contributed by atoms with Gasteiger partial charge < -0.3 is 14.2 Å². The number of rotatable bonds is 30. The molecule has 64 heavy (non-hydrogen) atoms. The van der Waals surface area contributed by atoms with Crippen molar-refractivity contribution in [1.82, 2.24) is 0 Å². The average molecular weight is 973 g/mol. The van der Waals surface area contributed by atoms with Crippen molar-refractivity contribution in [2.24, 2.45) is 0 Å². The monoisotopic (exact) mass is 972 g/mol. The Balaban J connectivity index is 1.39. The molecular weight excluding hydrogens is 896 g/mol. The quantitative estimate of drug-likeness (QED) is 0.0296. The molecule has 342 valence electrons. The Labute approximate surface area is 403 Å². The Morgan fingerprint density at radius 2 is 0.578 bits per heavy atom. The average Bonchev–Trinajstić information content (AvgIpc) is 3.32. The lowest BCUT2D eigenvalue weighted by Gasteiger charge is -2.06. The van der Waals surface area contributed by atoms with Gasteiger partial charge in [-0.15, -0.1) is 0 Å². The Morgan fingerprint density at radius 1 is 0.312 bits per heavy atom. The van der Waals surface area contributed by atoms with Crippen molar-refractivity contribution >= 4 is 22.6 Å². The number of hydrogen-bond acceptors (Lipinski definition) is 3. The summed E-state index contributed by atoms with van der Waals surface area (Å²) in [7, 11) is 0. The maximum absolute atomic E-state index is 6.06. The Kier molecular flexibility index (Phi) is 27.9. The minimum Gasteiger partial charge on any atom is -0.494 e. The van der Waals surface area contributed by atoms with Gasteiger partial charge in [0.25, 0.3) is 0 Å². The molecule has 0 heterocycles. The summed E-state index contributed by atoms with van der Waals surface area (Å²) in [5.74, 6) is 23.1. The van der Waals surface area contributed by atoms with Crippen LogP contribution in [0.3, 0.4) is 0 Å². The first-order chi connectivity index (χ1) is 31.6. The maximum Gasteiger partial charge on any atom is 0.119 e. The van der Waals surface area contributed by atoms with Gasteiger partial charge in [0.05, 0.1) is 19.8 Å². The molecule has 0 saturated heterocycles. The van der Waals surface area contributed by atoms with Crippen LogP contribution in [0.15, 0.2) is 84.9 Å². The molecule has 4 heteroatoms. The zero-order valence-corrected chi connectivity index (χ0v) is 41.9. The summed E-state index contributed by atoms with van der Waals surface area (Å²) in [4.78, 5) is 0. The van der Waals surface area contributed by atoms with Crippen LogP contribution >= 0.6 is 22.6 Å². The van der Waals surface area contributed by atoms with E-state index in [4.69, 9.17) is 14.2 Å². The van der Waals surface area contributed by atoms with Gasteiger partial charge in [-0.25, -0.2) is 0 Å². The van der Waals surface area contributed by atoms with Gasteiger partial charge in [0.2, 0.25) is 0 Å². The smallest absolute Gasteiger partial charge is 0.119 e. The molecular formula is C60H77IO3. The van der Waals surface area contributed by atoms with Crippen molar-refractivity contribution in [2.45, 2.75) is 175 Å². The lowest BCUT2D eigenvalue weighted by molar-refractivity contribution is 0.304. The predicted molar refractivity (Wildman–Crippen MR) is 281 cm³/mol. The van der Waals surface area contributed by atoms with Crippen molar-refractivity contribution in [1.29, 1.82) is 0 Å². The maximum atomic E-state index is 6.06. The van der Waals surface area contributed by atoms with Crippen LogP contribution in [0.4, 0.5) is 0 Å². The van der Waals surface area contributed by atoms with E-state index in [0.29, 0.717) is 0 Å². The van der Waals surface area contributed by atoms with Crippen molar-refractivity contribution in [3.05, 3.63) is 122 Å². The molecule has 0 bridgehead atoms.